The number of hydrogen-bond acceptors (Lipinski definition) is 2. The van der Waals surface area contributed by atoms with Crippen molar-refractivity contribution >= 4 is 45.2 Å². The summed E-state index contributed by atoms with van der Waals surface area (Å²) in [5, 5.41) is 3.42. The number of rotatable bonds is 5. The Balaban J connectivity index is 2.63. The third kappa shape index (κ3) is 6.06. The number of amides is 1. The molecule has 20 heavy (non-hydrogen) atoms. The van der Waals surface area contributed by atoms with Crippen molar-refractivity contribution < 1.29 is 4.79 Å². The van der Waals surface area contributed by atoms with Gasteiger partial charge in [-0.2, -0.15) is 0 Å². The molecule has 0 saturated carbocycles. The van der Waals surface area contributed by atoms with Crippen LogP contribution in [0.1, 0.15) is 37.6 Å². The molecule has 0 fully saturated rings. The van der Waals surface area contributed by atoms with Gasteiger partial charge < -0.3 is 5.32 Å². The smallest absolute Gasteiger partial charge is 0.252 e. The van der Waals surface area contributed by atoms with Crippen LogP contribution >= 0.6 is 39.3 Å². The minimum absolute atomic E-state index is 0.121. The van der Waals surface area contributed by atoms with Crippen LogP contribution in [0.4, 0.5) is 0 Å². The van der Waals surface area contributed by atoms with Crippen LogP contribution in [0.2, 0.25) is 5.02 Å². The van der Waals surface area contributed by atoms with E-state index in [2.05, 4.69) is 42.0 Å². The Morgan fingerprint density at radius 1 is 1.45 bits per heavy atom. The largest absolute Gasteiger partial charge is 0.351 e. The monoisotopic (exact) mass is 377 g/mol. The predicted octanol–water partition coefficient (Wildman–Crippen LogP) is 4.99. The van der Waals surface area contributed by atoms with Gasteiger partial charge in [-0.3, -0.25) is 4.79 Å². The second-order valence-corrected chi connectivity index (χ2v) is 8.50. The summed E-state index contributed by atoms with van der Waals surface area (Å²) >= 11 is 11.3. The van der Waals surface area contributed by atoms with Gasteiger partial charge in [-0.15, -0.1) is 11.8 Å². The standard InChI is InChI=1S/C15H21BrClNOS/c1-15(2,3)8-10(16)9-18-14(19)12-7-11(20-4)5-6-13(12)17/h5-7,10H,8-9H2,1-4H3,(H,18,19). The van der Waals surface area contributed by atoms with Gasteiger partial charge in [0.15, 0.2) is 0 Å². The van der Waals surface area contributed by atoms with Crippen molar-refractivity contribution in [2.75, 3.05) is 12.8 Å². The highest BCUT2D eigenvalue weighted by molar-refractivity contribution is 9.09. The maximum absolute atomic E-state index is 12.2. The highest BCUT2D eigenvalue weighted by Gasteiger charge is 2.18. The molecule has 1 unspecified atom stereocenters. The normalized spacial score (nSPS) is 13.1. The molecule has 1 rings (SSSR count). The van der Waals surface area contributed by atoms with Crippen LogP contribution in [-0.2, 0) is 0 Å². The molecular weight excluding hydrogens is 358 g/mol. The fraction of sp³-hybridized carbons (Fsp3) is 0.533. The van der Waals surface area contributed by atoms with Crippen LogP contribution in [0, 0.1) is 5.41 Å². The predicted molar refractivity (Wildman–Crippen MR) is 92.4 cm³/mol. The van der Waals surface area contributed by atoms with E-state index in [1.165, 1.54) is 0 Å². The Bertz CT molecular complexity index is 473. The molecule has 0 aliphatic rings. The summed E-state index contributed by atoms with van der Waals surface area (Å²) in [7, 11) is 0. The van der Waals surface area contributed by atoms with Crippen LogP contribution in [0.15, 0.2) is 23.1 Å². The molecule has 0 heterocycles. The Kier molecular flexibility index (Phi) is 6.89. The number of thioether (sulfide) groups is 1. The SMILES string of the molecule is CSc1ccc(Cl)c(C(=O)NCC(Br)CC(C)(C)C)c1. The lowest BCUT2D eigenvalue weighted by molar-refractivity contribution is 0.0952. The van der Waals surface area contributed by atoms with Crippen LogP contribution in [0.5, 0.6) is 0 Å². The number of benzene rings is 1. The van der Waals surface area contributed by atoms with Crippen LogP contribution in [-0.4, -0.2) is 23.5 Å². The number of carbonyl (C=O) groups excluding carboxylic acids is 1. The van der Waals surface area contributed by atoms with Crippen molar-refractivity contribution in [2.45, 2.75) is 36.9 Å². The van der Waals surface area contributed by atoms with Crippen molar-refractivity contribution in [3.05, 3.63) is 28.8 Å². The quantitative estimate of drug-likeness (QED) is 0.577. The van der Waals surface area contributed by atoms with Gasteiger partial charge in [-0.05, 0) is 36.3 Å². The Morgan fingerprint density at radius 2 is 2.10 bits per heavy atom. The van der Waals surface area contributed by atoms with Gasteiger partial charge in [-0.1, -0.05) is 48.3 Å². The zero-order chi connectivity index (χ0) is 15.3. The van der Waals surface area contributed by atoms with Gasteiger partial charge in [0.1, 0.15) is 0 Å². The maximum atomic E-state index is 12.2. The second-order valence-electron chi connectivity index (χ2n) is 5.92. The number of alkyl halides is 1. The minimum atomic E-state index is -0.121. The lowest BCUT2D eigenvalue weighted by atomic mass is 9.90. The van der Waals surface area contributed by atoms with Gasteiger partial charge >= 0.3 is 0 Å². The molecule has 0 aliphatic heterocycles. The molecule has 1 aromatic carbocycles. The summed E-state index contributed by atoms with van der Waals surface area (Å²) in [6.45, 7) is 7.14. The van der Waals surface area contributed by atoms with Gasteiger partial charge in [-0.25, -0.2) is 0 Å². The van der Waals surface area contributed by atoms with Crippen molar-refractivity contribution in [1.29, 1.82) is 0 Å². The van der Waals surface area contributed by atoms with Crippen LogP contribution < -0.4 is 5.32 Å². The Hall–Kier alpha value is -0.190. The highest BCUT2D eigenvalue weighted by Crippen LogP contribution is 2.25. The lowest BCUT2D eigenvalue weighted by Crippen LogP contribution is -2.31. The highest BCUT2D eigenvalue weighted by atomic mass is 79.9. The molecular formula is C15H21BrClNOS. The fourth-order valence-electron chi connectivity index (χ4n) is 1.84. The first-order valence-corrected chi connectivity index (χ1v) is 9.00. The zero-order valence-electron chi connectivity index (χ0n) is 12.3. The van der Waals surface area contributed by atoms with Crippen molar-refractivity contribution in [3.8, 4) is 0 Å². The van der Waals surface area contributed by atoms with E-state index < -0.39 is 0 Å². The van der Waals surface area contributed by atoms with E-state index in [0.717, 1.165) is 11.3 Å². The molecule has 5 heteroatoms. The minimum Gasteiger partial charge on any atom is -0.351 e. The number of halogens is 2. The molecule has 1 N–H and O–H groups in total. The molecule has 0 radical (unpaired) electrons. The van der Waals surface area contributed by atoms with Crippen LogP contribution in [0.3, 0.4) is 0 Å². The maximum Gasteiger partial charge on any atom is 0.252 e. The first kappa shape index (κ1) is 17.9. The topological polar surface area (TPSA) is 29.1 Å². The van der Waals surface area contributed by atoms with Gasteiger partial charge in [0.25, 0.3) is 5.91 Å². The van der Waals surface area contributed by atoms with E-state index in [4.69, 9.17) is 11.6 Å². The Morgan fingerprint density at radius 3 is 2.65 bits per heavy atom. The first-order chi connectivity index (χ1) is 9.23. The third-order valence-corrected chi connectivity index (χ3v) is 4.44. The average Bonchev–Trinajstić information content (AvgIpc) is 2.34. The summed E-state index contributed by atoms with van der Waals surface area (Å²) in [4.78, 5) is 13.5. The van der Waals surface area contributed by atoms with Crippen molar-refractivity contribution in [2.24, 2.45) is 5.41 Å². The molecule has 0 bridgehead atoms. The molecule has 0 spiro atoms. The average molecular weight is 379 g/mol. The molecule has 1 atom stereocenters. The Labute approximate surface area is 139 Å². The van der Waals surface area contributed by atoms with E-state index in [1.807, 2.05) is 18.4 Å². The fourth-order valence-corrected chi connectivity index (χ4v) is 3.62. The molecule has 1 amide bonds. The summed E-state index contributed by atoms with van der Waals surface area (Å²) in [5.74, 6) is -0.121. The van der Waals surface area contributed by atoms with Crippen LogP contribution in [0.25, 0.3) is 0 Å². The summed E-state index contributed by atoms with van der Waals surface area (Å²) in [6, 6.07) is 5.51. The molecule has 1 aromatic rings. The molecule has 2 nitrogen and oxygen atoms in total. The van der Waals surface area contributed by atoms with Crippen molar-refractivity contribution in [1.82, 2.24) is 5.32 Å². The first-order valence-electron chi connectivity index (χ1n) is 6.49. The molecule has 0 aliphatic carbocycles. The molecule has 0 saturated heterocycles. The lowest BCUT2D eigenvalue weighted by Gasteiger charge is -2.22. The number of carbonyl (C=O) groups is 1. The van der Waals surface area contributed by atoms with Crippen molar-refractivity contribution in [3.63, 3.8) is 0 Å². The van der Waals surface area contributed by atoms with Gasteiger partial charge in [0, 0.05) is 16.3 Å². The van der Waals surface area contributed by atoms with Gasteiger partial charge in [0.05, 0.1) is 10.6 Å². The van der Waals surface area contributed by atoms with E-state index in [0.29, 0.717) is 17.1 Å². The zero-order valence-corrected chi connectivity index (χ0v) is 15.5. The third-order valence-electron chi connectivity index (χ3n) is 2.74. The van der Waals surface area contributed by atoms with Gasteiger partial charge in [0.2, 0.25) is 0 Å². The van der Waals surface area contributed by atoms with E-state index >= 15 is 0 Å². The summed E-state index contributed by atoms with van der Waals surface area (Å²) in [5.41, 5.74) is 0.768. The molecule has 112 valence electrons. The number of hydrogen-bond donors (Lipinski definition) is 1. The second kappa shape index (κ2) is 7.71. The molecule has 0 aromatic heterocycles. The summed E-state index contributed by atoms with van der Waals surface area (Å²) < 4.78 is 0. The summed E-state index contributed by atoms with van der Waals surface area (Å²) in [6.07, 6.45) is 2.97. The van der Waals surface area contributed by atoms with E-state index in [-0.39, 0.29) is 16.1 Å². The number of nitrogens with one attached hydrogen (secondary N) is 1. The van der Waals surface area contributed by atoms with E-state index in [1.54, 1.807) is 17.8 Å². The van der Waals surface area contributed by atoms with E-state index in [9.17, 15) is 4.79 Å².